The van der Waals surface area contributed by atoms with E-state index in [0.29, 0.717) is 5.69 Å². The van der Waals surface area contributed by atoms with E-state index in [1.807, 2.05) is 25.1 Å². The molecule has 4 aromatic rings. The Morgan fingerprint density at radius 1 is 0.946 bits per heavy atom. The zero-order valence-electron chi connectivity index (χ0n) is 20.4. The molecule has 6 nitrogen and oxygen atoms in total. The minimum Gasteiger partial charge on any atom is -0.484 e. The lowest BCUT2D eigenvalue weighted by Gasteiger charge is -2.14. The van der Waals surface area contributed by atoms with Crippen LogP contribution in [0.5, 0.6) is 17.2 Å². The quantitative estimate of drug-likeness (QED) is 0.295. The van der Waals surface area contributed by atoms with Crippen LogP contribution in [0.2, 0.25) is 0 Å². The number of halogens is 3. The Morgan fingerprint density at radius 2 is 1.62 bits per heavy atom. The van der Waals surface area contributed by atoms with Crippen LogP contribution in [0.15, 0.2) is 69.9 Å². The molecule has 1 amide bonds. The monoisotopic (exact) mass is 511 g/mol. The molecule has 37 heavy (non-hydrogen) atoms. The molecule has 0 saturated heterocycles. The minimum absolute atomic E-state index is 0.0585. The molecule has 9 heteroatoms. The molecular weight excluding hydrogens is 487 g/mol. The van der Waals surface area contributed by atoms with Crippen molar-refractivity contribution in [1.82, 2.24) is 0 Å². The summed E-state index contributed by atoms with van der Waals surface area (Å²) in [6.07, 6.45) is -4.13. The van der Waals surface area contributed by atoms with Crippen molar-refractivity contribution in [2.24, 2.45) is 0 Å². The van der Waals surface area contributed by atoms with Crippen molar-refractivity contribution in [2.45, 2.75) is 33.4 Å². The summed E-state index contributed by atoms with van der Waals surface area (Å²) in [5.74, 6) is -2.83. The van der Waals surface area contributed by atoms with Gasteiger partial charge in [0.05, 0.1) is 5.39 Å². The van der Waals surface area contributed by atoms with Crippen LogP contribution in [0.25, 0.3) is 11.0 Å². The highest BCUT2D eigenvalue weighted by Crippen LogP contribution is 2.39. The summed E-state index contributed by atoms with van der Waals surface area (Å²) in [4.78, 5) is 25.2. The standard InChI is InChI=1S/C28H24F3NO5/c1-4-18-5-7-19(8-6-18)32-24(33)15-35-20-9-10-22-23(14-20)37-27(28(29,30)31)26(25(22)34)36-21-12-16(2)11-17(3)13-21/h5-14H,4,15H2,1-3H3,(H,32,33). The SMILES string of the molecule is CCc1ccc(NC(=O)COc2ccc3c(=O)c(Oc4cc(C)cc(C)c4)c(C(F)(F)F)oc3c2)cc1. The third-order valence-electron chi connectivity index (χ3n) is 5.51. The second-order valence-electron chi connectivity index (χ2n) is 8.56. The first-order valence-corrected chi connectivity index (χ1v) is 11.5. The lowest BCUT2D eigenvalue weighted by molar-refractivity contribution is -0.154. The van der Waals surface area contributed by atoms with Crippen molar-refractivity contribution >= 4 is 22.6 Å². The third-order valence-corrected chi connectivity index (χ3v) is 5.51. The summed E-state index contributed by atoms with van der Waals surface area (Å²) in [5.41, 5.74) is 1.90. The van der Waals surface area contributed by atoms with Gasteiger partial charge < -0.3 is 19.2 Å². The average Bonchev–Trinajstić information content (AvgIpc) is 2.83. The van der Waals surface area contributed by atoms with Gasteiger partial charge in [0.15, 0.2) is 6.61 Å². The van der Waals surface area contributed by atoms with Crippen LogP contribution in [0, 0.1) is 13.8 Å². The van der Waals surface area contributed by atoms with E-state index in [1.165, 1.54) is 24.3 Å². The maximum atomic E-state index is 13.8. The fourth-order valence-electron chi connectivity index (χ4n) is 3.80. The maximum absolute atomic E-state index is 13.8. The highest BCUT2D eigenvalue weighted by Gasteiger charge is 2.40. The molecule has 0 unspecified atom stereocenters. The number of carbonyl (C=O) groups is 1. The second-order valence-corrected chi connectivity index (χ2v) is 8.56. The number of aryl methyl sites for hydroxylation is 3. The van der Waals surface area contributed by atoms with Crippen molar-refractivity contribution in [3.8, 4) is 17.2 Å². The summed E-state index contributed by atoms with van der Waals surface area (Å²) in [6.45, 7) is 5.14. The number of anilines is 1. The van der Waals surface area contributed by atoms with E-state index in [2.05, 4.69) is 5.32 Å². The van der Waals surface area contributed by atoms with Crippen LogP contribution in [0.1, 0.15) is 29.4 Å². The number of carbonyl (C=O) groups excluding carboxylic acids is 1. The first kappa shape index (κ1) is 25.8. The molecule has 0 fully saturated rings. The van der Waals surface area contributed by atoms with Gasteiger partial charge >= 0.3 is 6.18 Å². The van der Waals surface area contributed by atoms with Gasteiger partial charge in [0.1, 0.15) is 17.1 Å². The number of ether oxygens (including phenoxy) is 2. The molecule has 0 aliphatic rings. The molecule has 1 N–H and O–H groups in total. The fraction of sp³-hybridized carbons (Fsp3) is 0.214. The van der Waals surface area contributed by atoms with Crippen molar-refractivity contribution in [1.29, 1.82) is 0 Å². The van der Waals surface area contributed by atoms with Gasteiger partial charge in [0.25, 0.3) is 11.7 Å². The normalized spacial score (nSPS) is 11.4. The van der Waals surface area contributed by atoms with Crippen LogP contribution in [0.4, 0.5) is 18.9 Å². The topological polar surface area (TPSA) is 77.8 Å². The van der Waals surface area contributed by atoms with Gasteiger partial charge in [-0.25, -0.2) is 0 Å². The zero-order valence-corrected chi connectivity index (χ0v) is 20.4. The van der Waals surface area contributed by atoms with Gasteiger partial charge in [0.2, 0.25) is 11.2 Å². The largest absolute Gasteiger partial charge is 0.484 e. The molecule has 0 bridgehead atoms. The Kier molecular flexibility index (Phi) is 7.24. The highest BCUT2D eigenvalue weighted by molar-refractivity contribution is 5.92. The van der Waals surface area contributed by atoms with Gasteiger partial charge in [-0.05, 0) is 73.4 Å². The number of fused-ring (bicyclic) bond motifs is 1. The minimum atomic E-state index is -4.99. The smallest absolute Gasteiger partial charge is 0.453 e. The molecule has 0 atom stereocenters. The maximum Gasteiger partial charge on any atom is 0.453 e. The number of benzene rings is 3. The van der Waals surface area contributed by atoms with Crippen LogP contribution in [0.3, 0.4) is 0 Å². The first-order chi connectivity index (χ1) is 17.5. The summed E-state index contributed by atoms with van der Waals surface area (Å²) in [5, 5.41) is 2.55. The average molecular weight is 511 g/mol. The lowest BCUT2D eigenvalue weighted by Crippen LogP contribution is -2.20. The van der Waals surface area contributed by atoms with Crippen LogP contribution in [-0.4, -0.2) is 12.5 Å². The Morgan fingerprint density at radius 3 is 2.24 bits per heavy atom. The van der Waals surface area contributed by atoms with E-state index in [-0.39, 0.29) is 22.5 Å². The van der Waals surface area contributed by atoms with Crippen molar-refractivity contribution in [3.63, 3.8) is 0 Å². The van der Waals surface area contributed by atoms with Gasteiger partial charge in [-0.1, -0.05) is 25.1 Å². The zero-order chi connectivity index (χ0) is 26.7. The van der Waals surface area contributed by atoms with Crippen molar-refractivity contribution < 1.29 is 31.9 Å². The first-order valence-electron chi connectivity index (χ1n) is 11.5. The summed E-state index contributed by atoms with van der Waals surface area (Å²) in [6, 6.07) is 15.9. The van der Waals surface area contributed by atoms with E-state index < -0.39 is 35.6 Å². The molecule has 0 spiro atoms. The van der Waals surface area contributed by atoms with Gasteiger partial charge in [0, 0.05) is 11.8 Å². The molecule has 0 saturated carbocycles. The highest BCUT2D eigenvalue weighted by atomic mass is 19.4. The molecule has 0 aliphatic heterocycles. The number of hydrogen-bond donors (Lipinski definition) is 1. The van der Waals surface area contributed by atoms with Gasteiger partial charge in [-0.2, -0.15) is 13.2 Å². The van der Waals surface area contributed by atoms with Crippen LogP contribution >= 0.6 is 0 Å². The molecule has 1 aromatic heterocycles. The van der Waals surface area contributed by atoms with Crippen molar-refractivity contribution in [2.75, 3.05) is 11.9 Å². The molecule has 0 radical (unpaired) electrons. The van der Waals surface area contributed by atoms with Crippen LogP contribution < -0.4 is 20.2 Å². The fourth-order valence-corrected chi connectivity index (χ4v) is 3.80. The van der Waals surface area contributed by atoms with E-state index >= 15 is 0 Å². The molecular formula is C28H24F3NO5. The van der Waals surface area contributed by atoms with Crippen molar-refractivity contribution in [3.05, 3.63) is 93.3 Å². The molecule has 3 aromatic carbocycles. The summed E-state index contributed by atoms with van der Waals surface area (Å²) >= 11 is 0. The number of hydrogen-bond acceptors (Lipinski definition) is 5. The van der Waals surface area contributed by atoms with E-state index in [0.717, 1.165) is 29.2 Å². The van der Waals surface area contributed by atoms with Gasteiger partial charge in [-0.15, -0.1) is 0 Å². The predicted octanol–water partition coefficient (Wildman–Crippen LogP) is 6.80. The second kappa shape index (κ2) is 10.4. The molecule has 4 rings (SSSR count). The number of nitrogens with one attached hydrogen (secondary N) is 1. The molecule has 0 aliphatic carbocycles. The molecule has 192 valence electrons. The Labute approximate surface area is 210 Å². The predicted molar refractivity (Wildman–Crippen MR) is 133 cm³/mol. The number of rotatable bonds is 7. The van der Waals surface area contributed by atoms with Crippen LogP contribution in [-0.2, 0) is 17.4 Å². The van der Waals surface area contributed by atoms with E-state index in [1.54, 1.807) is 26.0 Å². The molecule has 1 heterocycles. The Hall–Kier alpha value is -4.27. The summed E-state index contributed by atoms with van der Waals surface area (Å²) < 4.78 is 57.4. The Bertz CT molecular complexity index is 1490. The number of alkyl halides is 3. The summed E-state index contributed by atoms with van der Waals surface area (Å²) in [7, 11) is 0. The van der Waals surface area contributed by atoms with E-state index in [4.69, 9.17) is 13.9 Å². The van der Waals surface area contributed by atoms with Gasteiger partial charge in [-0.3, -0.25) is 9.59 Å². The number of amides is 1. The Balaban J connectivity index is 1.59. The lowest BCUT2D eigenvalue weighted by atomic mass is 10.1. The third kappa shape index (κ3) is 6.11. The van der Waals surface area contributed by atoms with E-state index in [9.17, 15) is 22.8 Å².